The second-order valence-electron chi connectivity index (χ2n) is 4.65. The predicted molar refractivity (Wildman–Crippen MR) is 79.9 cm³/mol. The van der Waals surface area contributed by atoms with Crippen LogP contribution < -0.4 is 4.72 Å². The van der Waals surface area contributed by atoms with Crippen LogP contribution in [0.4, 0.5) is 0 Å². The summed E-state index contributed by atoms with van der Waals surface area (Å²) >= 11 is 0. The van der Waals surface area contributed by atoms with Crippen molar-refractivity contribution in [2.24, 2.45) is 5.11 Å². The van der Waals surface area contributed by atoms with Gasteiger partial charge in [-0.25, -0.2) is 13.1 Å². The SMILES string of the molecule is CC(CS(=O)(=O)NCCCCN=[N+]=[N-])c1ccccc1. The summed E-state index contributed by atoms with van der Waals surface area (Å²) < 4.78 is 26.4. The minimum absolute atomic E-state index is 0.0445. The second-order valence-corrected chi connectivity index (χ2v) is 6.50. The number of rotatable bonds is 9. The average molecular weight is 296 g/mol. The number of unbranched alkanes of at least 4 members (excludes halogenated alkanes) is 1. The molecule has 0 spiro atoms. The maximum atomic E-state index is 11.9. The fourth-order valence-corrected chi connectivity index (χ4v) is 3.27. The summed E-state index contributed by atoms with van der Waals surface area (Å²) in [4.78, 5) is 2.64. The highest BCUT2D eigenvalue weighted by Gasteiger charge is 2.16. The second kappa shape index (κ2) is 8.58. The predicted octanol–water partition coefficient (Wildman–Crippen LogP) is 2.80. The fourth-order valence-electron chi connectivity index (χ4n) is 1.85. The van der Waals surface area contributed by atoms with Gasteiger partial charge in [-0.1, -0.05) is 42.4 Å². The van der Waals surface area contributed by atoms with E-state index in [1.165, 1.54) is 0 Å². The third kappa shape index (κ3) is 6.56. The van der Waals surface area contributed by atoms with Gasteiger partial charge in [0.15, 0.2) is 0 Å². The van der Waals surface area contributed by atoms with Gasteiger partial charge in [-0.2, -0.15) is 0 Å². The highest BCUT2D eigenvalue weighted by atomic mass is 32.2. The van der Waals surface area contributed by atoms with Crippen molar-refractivity contribution < 1.29 is 8.42 Å². The molecule has 0 fully saturated rings. The number of nitrogens with zero attached hydrogens (tertiary/aromatic N) is 3. The minimum Gasteiger partial charge on any atom is -0.215 e. The number of azide groups is 1. The van der Waals surface area contributed by atoms with E-state index in [1.54, 1.807) is 0 Å². The lowest BCUT2D eigenvalue weighted by atomic mass is 10.0. The Hall–Kier alpha value is -1.56. The average Bonchev–Trinajstić information content (AvgIpc) is 2.43. The third-order valence-electron chi connectivity index (χ3n) is 2.91. The summed E-state index contributed by atoms with van der Waals surface area (Å²) in [6, 6.07) is 9.58. The maximum absolute atomic E-state index is 11.9. The summed E-state index contributed by atoms with van der Waals surface area (Å²) in [5.41, 5.74) is 9.12. The molecule has 7 heteroatoms. The van der Waals surface area contributed by atoms with Gasteiger partial charge < -0.3 is 0 Å². The molecular weight excluding hydrogens is 276 g/mol. The monoisotopic (exact) mass is 296 g/mol. The zero-order chi connectivity index (χ0) is 14.8. The van der Waals surface area contributed by atoms with E-state index in [1.807, 2.05) is 37.3 Å². The van der Waals surface area contributed by atoms with Gasteiger partial charge in [-0.3, -0.25) is 0 Å². The molecule has 6 nitrogen and oxygen atoms in total. The van der Waals surface area contributed by atoms with Gasteiger partial charge >= 0.3 is 0 Å². The molecule has 0 aliphatic heterocycles. The van der Waals surface area contributed by atoms with Crippen molar-refractivity contribution in [1.29, 1.82) is 0 Å². The van der Waals surface area contributed by atoms with Gasteiger partial charge in [-0.15, -0.1) is 0 Å². The van der Waals surface area contributed by atoms with Gasteiger partial charge in [0.05, 0.1) is 5.75 Å². The van der Waals surface area contributed by atoms with E-state index in [2.05, 4.69) is 14.7 Å². The Kier molecular flexibility index (Phi) is 7.08. The van der Waals surface area contributed by atoms with E-state index in [4.69, 9.17) is 5.53 Å². The normalized spacial score (nSPS) is 12.7. The molecule has 0 aliphatic carbocycles. The molecular formula is C13H20N4O2S. The van der Waals surface area contributed by atoms with Crippen LogP contribution in [0.3, 0.4) is 0 Å². The van der Waals surface area contributed by atoms with E-state index in [0.29, 0.717) is 25.9 Å². The quantitative estimate of drug-likeness (QED) is 0.328. The lowest BCUT2D eigenvalue weighted by molar-refractivity contribution is 0.571. The molecule has 1 aromatic rings. The first-order valence-electron chi connectivity index (χ1n) is 6.58. The molecule has 0 aromatic heterocycles. The van der Waals surface area contributed by atoms with Crippen molar-refractivity contribution in [1.82, 2.24) is 4.72 Å². The van der Waals surface area contributed by atoms with E-state index in [-0.39, 0.29) is 11.7 Å². The Balaban J connectivity index is 2.36. The van der Waals surface area contributed by atoms with Crippen molar-refractivity contribution in [2.45, 2.75) is 25.7 Å². The highest BCUT2D eigenvalue weighted by Crippen LogP contribution is 2.16. The Morgan fingerprint density at radius 1 is 1.30 bits per heavy atom. The molecule has 1 unspecified atom stereocenters. The number of nitrogens with one attached hydrogen (secondary N) is 1. The zero-order valence-corrected chi connectivity index (χ0v) is 12.4. The first-order valence-corrected chi connectivity index (χ1v) is 8.23. The van der Waals surface area contributed by atoms with Crippen molar-refractivity contribution in [3.8, 4) is 0 Å². The van der Waals surface area contributed by atoms with Crippen LogP contribution in [-0.2, 0) is 10.0 Å². The lowest BCUT2D eigenvalue weighted by Gasteiger charge is -2.13. The summed E-state index contributed by atoms with van der Waals surface area (Å²) in [6.07, 6.45) is 1.35. The maximum Gasteiger partial charge on any atom is 0.212 e. The van der Waals surface area contributed by atoms with Gasteiger partial charge in [-0.05, 0) is 29.9 Å². The molecule has 0 aliphatic rings. The van der Waals surface area contributed by atoms with Gasteiger partial charge in [0.2, 0.25) is 10.0 Å². The molecule has 1 aromatic carbocycles. The Morgan fingerprint density at radius 2 is 2.00 bits per heavy atom. The zero-order valence-electron chi connectivity index (χ0n) is 11.6. The van der Waals surface area contributed by atoms with Crippen LogP contribution in [-0.4, -0.2) is 27.3 Å². The van der Waals surface area contributed by atoms with Gasteiger partial charge in [0.25, 0.3) is 0 Å². The Morgan fingerprint density at radius 3 is 2.65 bits per heavy atom. The minimum atomic E-state index is -3.28. The molecule has 0 amide bonds. The first kappa shape index (κ1) is 16.5. The molecule has 0 saturated carbocycles. The van der Waals surface area contributed by atoms with Crippen LogP contribution in [0.5, 0.6) is 0 Å². The van der Waals surface area contributed by atoms with Crippen molar-refractivity contribution in [3.05, 3.63) is 46.3 Å². The number of benzene rings is 1. The first-order chi connectivity index (χ1) is 9.55. The Labute approximate surface area is 119 Å². The molecule has 1 N–H and O–H groups in total. The van der Waals surface area contributed by atoms with E-state index in [9.17, 15) is 8.42 Å². The van der Waals surface area contributed by atoms with Crippen molar-refractivity contribution in [2.75, 3.05) is 18.8 Å². The van der Waals surface area contributed by atoms with Crippen molar-refractivity contribution >= 4 is 10.0 Å². The van der Waals surface area contributed by atoms with Crippen LogP contribution in [0.25, 0.3) is 10.4 Å². The van der Waals surface area contributed by atoms with Crippen LogP contribution in [0.15, 0.2) is 35.4 Å². The van der Waals surface area contributed by atoms with Crippen LogP contribution in [0.2, 0.25) is 0 Å². The third-order valence-corrected chi connectivity index (χ3v) is 4.49. The largest absolute Gasteiger partial charge is 0.215 e. The molecule has 0 heterocycles. The highest BCUT2D eigenvalue weighted by molar-refractivity contribution is 7.89. The smallest absolute Gasteiger partial charge is 0.212 e. The van der Waals surface area contributed by atoms with E-state index >= 15 is 0 Å². The summed E-state index contributed by atoms with van der Waals surface area (Å²) in [5, 5.41) is 3.40. The van der Waals surface area contributed by atoms with Crippen LogP contribution in [0.1, 0.15) is 31.2 Å². The molecule has 0 saturated heterocycles. The number of hydrogen-bond donors (Lipinski definition) is 1. The molecule has 110 valence electrons. The van der Waals surface area contributed by atoms with Gasteiger partial charge in [0, 0.05) is 18.0 Å². The lowest BCUT2D eigenvalue weighted by Crippen LogP contribution is -2.29. The van der Waals surface area contributed by atoms with Crippen LogP contribution in [0, 0.1) is 0 Å². The Bertz CT molecular complexity index is 539. The van der Waals surface area contributed by atoms with E-state index in [0.717, 1.165) is 5.56 Å². The molecule has 1 atom stereocenters. The number of sulfonamides is 1. The molecule has 1 rings (SSSR count). The molecule has 20 heavy (non-hydrogen) atoms. The summed E-state index contributed by atoms with van der Waals surface area (Å²) in [5.74, 6) is 0.0322. The standard InChI is InChI=1S/C13H20N4O2S/c1-12(13-7-3-2-4-8-13)11-20(18,19)16-10-6-5-9-15-17-14/h2-4,7-8,12,16H,5-6,9-11H2,1H3. The van der Waals surface area contributed by atoms with Crippen LogP contribution >= 0.6 is 0 Å². The van der Waals surface area contributed by atoms with Gasteiger partial charge in [0.1, 0.15) is 0 Å². The fraction of sp³-hybridized carbons (Fsp3) is 0.538. The molecule has 0 bridgehead atoms. The van der Waals surface area contributed by atoms with E-state index < -0.39 is 10.0 Å². The topological polar surface area (TPSA) is 94.9 Å². The summed E-state index contributed by atoms with van der Waals surface area (Å²) in [6.45, 7) is 2.68. The van der Waals surface area contributed by atoms with Crippen molar-refractivity contribution in [3.63, 3.8) is 0 Å². The molecule has 0 radical (unpaired) electrons. The number of hydrogen-bond acceptors (Lipinski definition) is 3. The summed E-state index contributed by atoms with van der Waals surface area (Å²) in [7, 11) is -3.28.